The second-order valence-electron chi connectivity index (χ2n) is 6.85. The molecule has 4 bridgehead atoms. The number of nitrogens with zero attached hydrogens (tertiary/aromatic N) is 2. The second-order valence-corrected chi connectivity index (χ2v) is 6.85. The molecule has 1 aromatic heterocycles. The Morgan fingerprint density at radius 2 is 1.78 bits per heavy atom. The Morgan fingerprint density at radius 1 is 1.17 bits per heavy atom. The number of nitriles is 1. The Morgan fingerprint density at radius 3 is 2.22 bits per heavy atom. The number of aryl methyl sites for hydroxylation is 1. The molecule has 0 atom stereocenters. The molecule has 0 spiro atoms. The normalized spacial score (nSPS) is 45.1. The third kappa shape index (κ3) is 1.18. The summed E-state index contributed by atoms with van der Waals surface area (Å²) >= 11 is 0. The van der Waals surface area contributed by atoms with E-state index >= 15 is 0 Å². The van der Waals surface area contributed by atoms with Gasteiger partial charge in [0.15, 0.2) is 0 Å². The van der Waals surface area contributed by atoms with E-state index < -0.39 is 0 Å². The summed E-state index contributed by atoms with van der Waals surface area (Å²) in [5.41, 5.74) is 1.13. The van der Waals surface area contributed by atoms with Gasteiger partial charge in [0.05, 0.1) is 11.5 Å². The lowest BCUT2D eigenvalue weighted by molar-refractivity contribution is -0.0347. The van der Waals surface area contributed by atoms with Gasteiger partial charge in [0, 0.05) is 19.4 Å². The molecule has 18 heavy (non-hydrogen) atoms. The molecule has 2 heteroatoms. The molecule has 2 nitrogen and oxygen atoms in total. The van der Waals surface area contributed by atoms with E-state index in [1.165, 1.54) is 37.7 Å². The first-order valence-electron chi connectivity index (χ1n) is 7.26. The van der Waals surface area contributed by atoms with Gasteiger partial charge < -0.3 is 4.57 Å². The third-order valence-corrected chi connectivity index (χ3v) is 5.92. The van der Waals surface area contributed by atoms with Crippen LogP contribution in [0, 0.1) is 35.0 Å². The molecular formula is C16H20N2. The lowest BCUT2D eigenvalue weighted by Gasteiger charge is -2.58. The number of aromatic nitrogens is 1. The van der Waals surface area contributed by atoms with Crippen LogP contribution in [0.15, 0.2) is 18.5 Å². The highest BCUT2D eigenvalue weighted by Gasteiger charge is 2.58. The van der Waals surface area contributed by atoms with Crippen molar-refractivity contribution in [1.82, 2.24) is 4.57 Å². The predicted molar refractivity (Wildman–Crippen MR) is 69.7 cm³/mol. The van der Waals surface area contributed by atoms with E-state index in [4.69, 9.17) is 0 Å². The summed E-state index contributed by atoms with van der Waals surface area (Å²) < 4.78 is 2.10. The quantitative estimate of drug-likeness (QED) is 0.740. The molecule has 0 saturated heterocycles. The molecule has 0 unspecified atom stereocenters. The maximum absolute atomic E-state index is 9.95. The molecule has 1 heterocycles. The van der Waals surface area contributed by atoms with Gasteiger partial charge in [-0.15, -0.1) is 0 Å². The van der Waals surface area contributed by atoms with Crippen molar-refractivity contribution >= 4 is 0 Å². The van der Waals surface area contributed by atoms with Crippen molar-refractivity contribution in [3.8, 4) is 6.07 Å². The Bertz CT molecular complexity index is 491. The summed E-state index contributed by atoms with van der Waals surface area (Å²) in [5, 5.41) is 9.95. The van der Waals surface area contributed by atoms with E-state index in [9.17, 15) is 5.26 Å². The maximum atomic E-state index is 9.95. The average molecular weight is 240 g/mol. The van der Waals surface area contributed by atoms with Crippen LogP contribution in [0.3, 0.4) is 0 Å². The number of rotatable bonds is 1. The van der Waals surface area contributed by atoms with Crippen LogP contribution in [0.4, 0.5) is 0 Å². The molecule has 4 aliphatic carbocycles. The van der Waals surface area contributed by atoms with Crippen molar-refractivity contribution in [2.75, 3.05) is 0 Å². The zero-order valence-electron chi connectivity index (χ0n) is 11.0. The van der Waals surface area contributed by atoms with Crippen LogP contribution in [-0.4, -0.2) is 4.57 Å². The minimum Gasteiger partial charge on any atom is -0.357 e. The van der Waals surface area contributed by atoms with Crippen LogP contribution < -0.4 is 0 Å². The smallest absolute Gasteiger partial charge is 0.0893 e. The molecule has 4 aliphatic rings. The van der Waals surface area contributed by atoms with Crippen LogP contribution in [-0.2, 0) is 12.5 Å². The summed E-state index contributed by atoms with van der Waals surface area (Å²) in [6.45, 7) is 0. The van der Waals surface area contributed by atoms with E-state index in [1.807, 2.05) is 0 Å². The first-order valence-corrected chi connectivity index (χ1v) is 7.26. The zero-order chi connectivity index (χ0) is 12.3. The lowest BCUT2D eigenvalue weighted by atomic mass is 9.44. The second kappa shape index (κ2) is 3.41. The van der Waals surface area contributed by atoms with Gasteiger partial charge in [0.25, 0.3) is 0 Å². The summed E-state index contributed by atoms with van der Waals surface area (Å²) in [5.74, 6) is 3.11. The van der Waals surface area contributed by atoms with Gasteiger partial charge in [-0.25, -0.2) is 0 Å². The van der Waals surface area contributed by atoms with Gasteiger partial charge in [-0.2, -0.15) is 5.26 Å². The molecule has 5 rings (SSSR count). The van der Waals surface area contributed by atoms with Crippen molar-refractivity contribution in [2.24, 2.45) is 30.7 Å². The van der Waals surface area contributed by atoms with Crippen molar-refractivity contribution < 1.29 is 0 Å². The van der Waals surface area contributed by atoms with Gasteiger partial charge in [0.2, 0.25) is 0 Å². The standard InChI is InChI=1S/C16H20N2/c1-18-3-2-13(9-18)16(10-17)14-5-11-4-12(7-14)8-15(16)6-11/h2-3,9,11-12,14-15H,4-8H2,1H3. The Kier molecular flexibility index (Phi) is 2.02. The molecule has 0 amide bonds. The minimum atomic E-state index is -0.158. The van der Waals surface area contributed by atoms with Crippen LogP contribution in [0.25, 0.3) is 0 Å². The molecule has 1 aromatic rings. The number of hydrogen-bond donors (Lipinski definition) is 0. The first kappa shape index (κ1) is 10.7. The molecule has 0 N–H and O–H groups in total. The number of hydrogen-bond acceptors (Lipinski definition) is 1. The van der Waals surface area contributed by atoms with E-state index in [0.29, 0.717) is 11.8 Å². The van der Waals surface area contributed by atoms with Crippen molar-refractivity contribution in [1.29, 1.82) is 5.26 Å². The van der Waals surface area contributed by atoms with Crippen LogP contribution in [0.1, 0.15) is 37.7 Å². The topological polar surface area (TPSA) is 28.7 Å². The van der Waals surface area contributed by atoms with Gasteiger partial charge in [0.1, 0.15) is 0 Å². The van der Waals surface area contributed by atoms with Crippen molar-refractivity contribution in [3.05, 3.63) is 24.0 Å². The molecular weight excluding hydrogens is 220 g/mol. The molecule has 4 fully saturated rings. The summed E-state index contributed by atoms with van der Waals surface area (Å²) in [6.07, 6.45) is 10.9. The molecule has 0 radical (unpaired) electrons. The monoisotopic (exact) mass is 240 g/mol. The van der Waals surface area contributed by atoms with E-state index in [-0.39, 0.29) is 5.41 Å². The van der Waals surface area contributed by atoms with Gasteiger partial charge >= 0.3 is 0 Å². The van der Waals surface area contributed by atoms with Crippen LogP contribution in [0.2, 0.25) is 0 Å². The highest BCUT2D eigenvalue weighted by Crippen LogP contribution is 2.62. The van der Waals surface area contributed by atoms with Crippen molar-refractivity contribution in [3.63, 3.8) is 0 Å². The molecule has 4 saturated carbocycles. The predicted octanol–water partition coefficient (Wildman–Crippen LogP) is 3.24. The lowest BCUT2D eigenvalue weighted by Crippen LogP contribution is -2.54. The van der Waals surface area contributed by atoms with E-state index in [1.54, 1.807) is 0 Å². The average Bonchev–Trinajstić information content (AvgIpc) is 2.76. The SMILES string of the molecule is Cn1ccc(C2(C#N)C3CC4CC(C3)CC2C4)c1. The van der Waals surface area contributed by atoms with Gasteiger partial charge in [-0.3, -0.25) is 0 Å². The molecule has 94 valence electrons. The maximum Gasteiger partial charge on any atom is 0.0893 e. The van der Waals surface area contributed by atoms with E-state index in [2.05, 4.69) is 36.1 Å². The summed E-state index contributed by atoms with van der Waals surface area (Å²) in [6, 6.07) is 4.96. The van der Waals surface area contributed by atoms with Crippen LogP contribution in [0.5, 0.6) is 0 Å². The molecule has 0 aromatic carbocycles. The fourth-order valence-electron chi connectivity index (χ4n) is 5.39. The minimum absolute atomic E-state index is 0.158. The summed E-state index contributed by atoms with van der Waals surface area (Å²) in [7, 11) is 2.06. The van der Waals surface area contributed by atoms with E-state index in [0.717, 1.165) is 11.8 Å². The van der Waals surface area contributed by atoms with Crippen LogP contribution >= 0.6 is 0 Å². The largest absolute Gasteiger partial charge is 0.357 e. The Labute approximate surface area is 109 Å². The van der Waals surface area contributed by atoms with Gasteiger partial charge in [-0.1, -0.05) is 0 Å². The highest BCUT2D eigenvalue weighted by molar-refractivity contribution is 5.37. The third-order valence-electron chi connectivity index (χ3n) is 5.92. The van der Waals surface area contributed by atoms with Crippen molar-refractivity contribution in [2.45, 2.75) is 37.5 Å². The fraction of sp³-hybridized carbons (Fsp3) is 0.688. The van der Waals surface area contributed by atoms with Gasteiger partial charge in [-0.05, 0) is 67.4 Å². The highest BCUT2D eigenvalue weighted by atomic mass is 14.9. The summed E-state index contributed by atoms with van der Waals surface area (Å²) in [4.78, 5) is 0. The Hall–Kier alpha value is -1.23. The fourth-order valence-corrected chi connectivity index (χ4v) is 5.39. The molecule has 0 aliphatic heterocycles. The zero-order valence-corrected chi connectivity index (χ0v) is 11.0. The first-order chi connectivity index (χ1) is 8.72. The Balaban J connectivity index is 1.83.